The summed E-state index contributed by atoms with van der Waals surface area (Å²) in [7, 11) is 0. The van der Waals surface area contributed by atoms with Crippen LogP contribution in [0.2, 0.25) is 0 Å². The number of rotatable bonds is 8. The lowest BCUT2D eigenvalue weighted by molar-refractivity contribution is -0.386. The van der Waals surface area contributed by atoms with Crippen molar-refractivity contribution in [2.75, 3.05) is 6.61 Å². The number of esters is 1. The molecule has 1 heterocycles. The minimum absolute atomic E-state index is 0.235. The third kappa shape index (κ3) is 5.21. The highest BCUT2D eigenvalue weighted by Gasteiger charge is 2.14. The van der Waals surface area contributed by atoms with Crippen molar-refractivity contribution in [3.8, 4) is 0 Å². The van der Waals surface area contributed by atoms with Crippen molar-refractivity contribution in [1.82, 2.24) is 9.55 Å². The maximum absolute atomic E-state index is 11.5. The molecule has 9 heteroatoms. The number of unbranched alkanes of at least 4 members (excludes halogenated alkanes) is 2. The van der Waals surface area contributed by atoms with Gasteiger partial charge in [0.1, 0.15) is 0 Å². The molecule has 0 aliphatic carbocycles. The molecule has 0 radical (unpaired) electrons. The Labute approximate surface area is 119 Å². The van der Waals surface area contributed by atoms with Crippen molar-refractivity contribution in [3.63, 3.8) is 0 Å². The van der Waals surface area contributed by atoms with E-state index in [1.807, 2.05) is 4.98 Å². The quantitative estimate of drug-likeness (QED) is 0.324. The molecular weight excluding hydrogens is 282 g/mol. The average molecular weight is 299 g/mol. The standard InChI is InChI=1S/C12H17N3O6/c1-2-21-10(16)6-4-3-5-7-14-8-9(15(19)20)11(17)13-12(14)18/h8H,2-7H2,1H3,(H,13,17,18). The van der Waals surface area contributed by atoms with E-state index in [2.05, 4.69) is 0 Å². The summed E-state index contributed by atoms with van der Waals surface area (Å²) in [6, 6.07) is 0. The lowest BCUT2D eigenvalue weighted by atomic mass is 10.2. The minimum atomic E-state index is -1.01. The number of H-pyrrole nitrogens is 1. The van der Waals surface area contributed by atoms with Gasteiger partial charge in [-0.2, -0.15) is 0 Å². The summed E-state index contributed by atoms with van der Waals surface area (Å²) < 4.78 is 5.86. The molecule has 1 aromatic rings. The summed E-state index contributed by atoms with van der Waals surface area (Å²) in [5.41, 5.74) is -2.36. The fourth-order valence-corrected chi connectivity index (χ4v) is 1.76. The first-order chi connectivity index (χ1) is 9.95. The maximum atomic E-state index is 11.5. The van der Waals surface area contributed by atoms with E-state index >= 15 is 0 Å². The number of aromatic nitrogens is 2. The summed E-state index contributed by atoms with van der Waals surface area (Å²) in [5.74, 6) is -0.269. The van der Waals surface area contributed by atoms with Gasteiger partial charge in [-0.05, 0) is 19.8 Å². The van der Waals surface area contributed by atoms with Crippen molar-refractivity contribution in [1.29, 1.82) is 0 Å². The first-order valence-electron chi connectivity index (χ1n) is 6.59. The van der Waals surface area contributed by atoms with Crippen molar-refractivity contribution in [3.05, 3.63) is 37.1 Å². The van der Waals surface area contributed by atoms with Gasteiger partial charge in [0.05, 0.1) is 17.7 Å². The Kier molecular flexibility index (Phi) is 6.31. The lowest BCUT2D eigenvalue weighted by Gasteiger charge is -2.05. The van der Waals surface area contributed by atoms with Crippen LogP contribution in [0.1, 0.15) is 32.6 Å². The average Bonchev–Trinajstić information content (AvgIpc) is 2.40. The molecule has 1 N–H and O–H groups in total. The molecule has 0 amide bonds. The van der Waals surface area contributed by atoms with E-state index < -0.39 is 21.9 Å². The Bertz CT molecular complexity index is 618. The van der Waals surface area contributed by atoms with Gasteiger partial charge in [0, 0.05) is 13.0 Å². The van der Waals surface area contributed by atoms with Crippen LogP contribution >= 0.6 is 0 Å². The highest BCUT2D eigenvalue weighted by molar-refractivity contribution is 5.69. The Morgan fingerprint density at radius 3 is 2.71 bits per heavy atom. The van der Waals surface area contributed by atoms with Gasteiger partial charge in [-0.1, -0.05) is 6.42 Å². The van der Waals surface area contributed by atoms with Crippen molar-refractivity contribution in [2.45, 2.75) is 39.2 Å². The highest BCUT2D eigenvalue weighted by Crippen LogP contribution is 2.04. The normalized spacial score (nSPS) is 10.3. The van der Waals surface area contributed by atoms with Gasteiger partial charge in [-0.15, -0.1) is 0 Å². The minimum Gasteiger partial charge on any atom is -0.466 e. The van der Waals surface area contributed by atoms with Crippen LogP contribution in [0.4, 0.5) is 5.69 Å². The van der Waals surface area contributed by atoms with Crippen LogP contribution in [-0.4, -0.2) is 27.1 Å². The number of aromatic amines is 1. The molecule has 21 heavy (non-hydrogen) atoms. The van der Waals surface area contributed by atoms with Crippen LogP contribution in [-0.2, 0) is 16.1 Å². The molecular formula is C12H17N3O6. The monoisotopic (exact) mass is 299 g/mol. The van der Waals surface area contributed by atoms with Gasteiger partial charge < -0.3 is 4.74 Å². The molecule has 116 valence electrons. The van der Waals surface area contributed by atoms with E-state index in [-0.39, 0.29) is 12.5 Å². The first kappa shape index (κ1) is 16.6. The maximum Gasteiger partial charge on any atom is 0.350 e. The molecule has 0 saturated carbocycles. The van der Waals surface area contributed by atoms with Crippen molar-refractivity contribution < 1.29 is 14.5 Å². The van der Waals surface area contributed by atoms with Crippen molar-refractivity contribution >= 4 is 11.7 Å². The molecule has 0 atom stereocenters. The highest BCUT2D eigenvalue weighted by atomic mass is 16.6. The number of ether oxygens (including phenoxy) is 1. The number of carbonyl (C=O) groups is 1. The largest absolute Gasteiger partial charge is 0.466 e. The van der Waals surface area contributed by atoms with E-state index in [1.165, 1.54) is 0 Å². The number of aryl methyl sites for hydroxylation is 1. The zero-order valence-corrected chi connectivity index (χ0v) is 11.7. The zero-order valence-electron chi connectivity index (χ0n) is 11.7. The smallest absolute Gasteiger partial charge is 0.350 e. The topological polar surface area (TPSA) is 124 Å². The number of hydrogen-bond acceptors (Lipinski definition) is 6. The molecule has 0 spiro atoms. The molecule has 0 aliphatic rings. The van der Waals surface area contributed by atoms with Gasteiger partial charge in [0.25, 0.3) is 0 Å². The third-order valence-corrected chi connectivity index (χ3v) is 2.77. The van der Waals surface area contributed by atoms with Crippen LogP contribution in [0.25, 0.3) is 0 Å². The molecule has 9 nitrogen and oxygen atoms in total. The molecule has 0 aromatic carbocycles. The first-order valence-corrected chi connectivity index (χ1v) is 6.59. The molecule has 0 aliphatic heterocycles. The van der Waals surface area contributed by atoms with Crippen LogP contribution < -0.4 is 11.2 Å². The number of nitro groups is 1. The summed E-state index contributed by atoms with van der Waals surface area (Å²) in [6.07, 6.45) is 3.07. The second-order valence-electron chi connectivity index (χ2n) is 4.34. The fourth-order valence-electron chi connectivity index (χ4n) is 1.76. The van der Waals surface area contributed by atoms with Crippen molar-refractivity contribution in [2.24, 2.45) is 0 Å². The van der Waals surface area contributed by atoms with Gasteiger partial charge in [0.2, 0.25) is 0 Å². The SMILES string of the molecule is CCOC(=O)CCCCCn1cc([N+](=O)[O-])c(=O)[nH]c1=O. The molecule has 0 saturated heterocycles. The van der Waals surface area contributed by atoms with E-state index in [4.69, 9.17) is 4.74 Å². The summed E-state index contributed by atoms with van der Waals surface area (Å²) in [4.78, 5) is 45.4. The molecule has 0 unspecified atom stereocenters. The Morgan fingerprint density at radius 1 is 1.38 bits per heavy atom. The third-order valence-electron chi connectivity index (χ3n) is 2.77. The molecule has 1 aromatic heterocycles. The Morgan fingerprint density at radius 2 is 2.10 bits per heavy atom. The van der Waals surface area contributed by atoms with Crippen LogP contribution in [0.3, 0.4) is 0 Å². The summed E-state index contributed by atoms with van der Waals surface area (Å²) >= 11 is 0. The Balaban J connectivity index is 2.51. The van der Waals surface area contributed by atoms with Crippen LogP contribution in [0.5, 0.6) is 0 Å². The van der Waals surface area contributed by atoms with Gasteiger partial charge >= 0.3 is 22.9 Å². The van der Waals surface area contributed by atoms with E-state index in [0.717, 1.165) is 10.8 Å². The summed E-state index contributed by atoms with van der Waals surface area (Å²) in [6.45, 7) is 2.31. The second kappa shape index (κ2) is 7.98. The Hall–Kier alpha value is -2.45. The van der Waals surface area contributed by atoms with Gasteiger partial charge in [-0.3, -0.25) is 29.3 Å². The van der Waals surface area contributed by atoms with Gasteiger partial charge in [-0.25, -0.2) is 4.79 Å². The fraction of sp³-hybridized carbons (Fsp3) is 0.583. The number of nitrogens with zero attached hydrogens (tertiary/aromatic N) is 2. The number of carbonyl (C=O) groups excluding carboxylic acids is 1. The van der Waals surface area contributed by atoms with E-state index in [0.29, 0.717) is 32.3 Å². The van der Waals surface area contributed by atoms with E-state index in [1.54, 1.807) is 6.92 Å². The number of hydrogen-bond donors (Lipinski definition) is 1. The predicted molar refractivity (Wildman–Crippen MR) is 73.1 cm³/mol. The second-order valence-corrected chi connectivity index (χ2v) is 4.34. The molecule has 0 fully saturated rings. The van der Waals surface area contributed by atoms with Crippen LogP contribution in [0, 0.1) is 10.1 Å². The summed E-state index contributed by atoms with van der Waals surface area (Å²) in [5, 5.41) is 10.6. The predicted octanol–water partition coefficient (Wildman–Crippen LogP) is 0.568. The van der Waals surface area contributed by atoms with E-state index in [9.17, 15) is 24.5 Å². The zero-order chi connectivity index (χ0) is 15.8. The lowest BCUT2D eigenvalue weighted by Crippen LogP contribution is -2.30. The van der Waals surface area contributed by atoms with Crippen LogP contribution in [0.15, 0.2) is 15.8 Å². The molecule has 1 rings (SSSR count). The van der Waals surface area contributed by atoms with Gasteiger partial charge in [0.15, 0.2) is 0 Å². The number of nitrogens with one attached hydrogen (secondary N) is 1. The molecule has 0 bridgehead atoms.